The maximum Gasteiger partial charge on any atom is 0.244 e. The van der Waals surface area contributed by atoms with Crippen molar-refractivity contribution in [2.24, 2.45) is 5.92 Å². The zero-order valence-corrected chi connectivity index (χ0v) is 15.6. The molecule has 6 heteroatoms. The maximum atomic E-state index is 12.2. The fourth-order valence-electron chi connectivity index (χ4n) is 2.98. The van der Waals surface area contributed by atoms with Gasteiger partial charge in [-0.15, -0.1) is 0 Å². The van der Waals surface area contributed by atoms with E-state index in [9.17, 15) is 9.59 Å². The number of nitrogens with one attached hydrogen (secondary N) is 2. The summed E-state index contributed by atoms with van der Waals surface area (Å²) in [5.74, 6) is 1.48. The van der Waals surface area contributed by atoms with Crippen LogP contribution in [0.15, 0.2) is 48.5 Å². The zero-order valence-electron chi connectivity index (χ0n) is 15.6. The minimum atomic E-state index is -0.184. The Morgan fingerprint density at radius 3 is 2.57 bits per heavy atom. The van der Waals surface area contributed by atoms with Crippen molar-refractivity contribution < 1.29 is 19.1 Å². The van der Waals surface area contributed by atoms with E-state index in [-0.39, 0.29) is 30.6 Å². The minimum absolute atomic E-state index is 0.0859. The summed E-state index contributed by atoms with van der Waals surface area (Å²) in [5, 5.41) is 5.85. The topological polar surface area (TPSA) is 76.7 Å². The predicted octanol–water partition coefficient (Wildman–Crippen LogP) is 3.65. The third-order valence-corrected chi connectivity index (χ3v) is 4.81. The summed E-state index contributed by atoms with van der Waals surface area (Å²) in [7, 11) is 0. The quantitative estimate of drug-likeness (QED) is 0.752. The molecule has 1 unspecified atom stereocenters. The average Bonchev–Trinajstić information content (AvgIpc) is 3.45. The van der Waals surface area contributed by atoms with Crippen LogP contribution in [0.1, 0.15) is 36.9 Å². The first-order chi connectivity index (χ1) is 13.6. The van der Waals surface area contributed by atoms with E-state index >= 15 is 0 Å². The molecule has 28 heavy (non-hydrogen) atoms. The third-order valence-electron chi connectivity index (χ3n) is 4.81. The second kappa shape index (κ2) is 7.76. The van der Waals surface area contributed by atoms with Crippen LogP contribution in [0.2, 0.25) is 0 Å². The summed E-state index contributed by atoms with van der Waals surface area (Å²) in [5.41, 5.74) is 2.61. The molecule has 0 spiro atoms. The molecule has 2 aromatic carbocycles. The maximum absolute atomic E-state index is 12.2. The van der Waals surface area contributed by atoms with Gasteiger partial charge in [0.05, 0.1) is 6.04 Å². The highest BCUT2D eigenvalue weighted by Gasteiger charge is 2.29. The number of rotatable bonds is 6. The number of hydrogen-bond acceptors (Lipinski definition) is 4. The van der Waals surface area contributed by atoms with Gasteiger partial charge in [0.2, 0.25) is 18.6 Å². The van der Waals surface area contributed by atoms with Crippen molar-refractivity contribution in [1.82, 2.24) is 5.32 Å². The van der Waals surface area contributed by atoms with Gasteiger partial charge in [0.1, 0.15) is 0 Å². The van der Waals surface area contributed by atoms with Crippen LogP contribution in [0, 0.1) is 5.92 Å². The van der Waals surface area contributed by atoms with E-state index < -0.39 is 0 Å². The van der Waals surface area contributed by atoms with Crippen LogP contribution < -0.4 is 20.1 Å². The molecule has 2 aliphatic rings. The van der Waals surface area contributed by atoms with Crippen LogP contribution in [-0.2, 0) is 9.59 Å². The van der Waals surface area contributed by atoms with Gasteiger partial charge >= 0.3 is 0 Å². The first-order valence-corrected chi connectivity index (χ1v) is 9.37. The van der Waals surface area contributed by atoms with Crippen molar-refractivity contribution in [3.05, 3.63) is 59.7 Å². The van der Waals surface area contributed by atoms with Crippen molar-refractivity contribution in [1.29, 1.82) is 0 Å². The van der Waals surface area contributed by atoms with E-state index in [4.69, 9.17) is 9.47 Å². The lowest BCUT2D eigenvalue weighted by molar-refractivity contribution is -0.118. The Kier molecular flexibility index (Phi) is 5.02. The number of fused-ring (bicyclic) bond motifs is 1. The molecule has 6 nitrogen and oxygen atoms in total. The Balaban J connectivity index is 1.31. The summed E-state index contributed by atoms with van der Waals surface area (Å²) < 4.78 is 10.6. The van der Waals surface area contributed by atoms with Crippen LogP contribution in [-0.4, -0.2) is 18.6 Å². The summed E-state index contributed by atoms with van der Waals surface area (Å²) in [4.78, 5) is 24.0. The molecule has 2 amide bonds. The van der Waals surface area contributed by atoms with E-state index in [1.165, 1.54) is 6.08 Å². The number of benzene rings is 2. The van der Waals surface area contributed by atoms with E-state index in [0.29, 0.717) is 11.5 Å². The molecule has 1 aliphatic heterocycles. The van der Waals surface area contributed by atoms with Crippen molar-refractivity contribution in [2.75, 3.05) is 12.1 Å². The molecule has 1 heterocycles. The second-order valence-corrected chi connectivity index (χ2v) is 7.06. The molecular weight excluding hydrogens is 356 g/mol. The minimum Gasteiger partial charge on any atom is -0.454 e. The molecule has 0 saturated heterocycles. The molecule has 1 fully saturated rings. The fraction of sp³-hybridized carbons (Fsp3) is 0.273. The summed E-state index contributed by atoms with van der Waals surface area (Å²) in [6.45, 7) is 2.15. The monoisotopic (exact) mass is 378 g/mol. The zero-order chi connectivity index (χ0) is 19.5. The molecule has 1 aliphatic carbocycles. The van der Waals surface area contributed by atoms with Crippen molar-refractivity contribution >= 4 is 23.6 Å². The molecule has 1 atom stereocenters. The van der Waals surface area contributed by atoms with Gasteiger partial charge in [-0.1, -0.05) is 18.2 Å². The van der Waals surface area contributed by atoms with Gasteiger partial charge in [-0.05, 0) is 61.2 Å². The second-order valence-electron chi connectivity index (χ2n) is 7.06. The van der Waals surface area contributed by atoms with Crippen LogP contribution in [0.4, 0.5) is 5.69 Å². The number of carbonyl (C=O) groups excluding carboxylic acids is 2. The molecule has 0 radical (unpaired) electrons. The van der Waals surface area contributed by atoms with Gasteiger partial charge in [-0.3, -0.25) is 9.59 Å². The average molecular weight is 378 g/mol. The summed E-state index contributed by atoms with van der Waals surface area (Å²) in [6.07, 6.45) is 5.19. The number of hydrogen-bond donors (Lipinski definition) is 2. The normalized spacial score (nSPS) is 16.0. The smallest absolute Gasteiger partial charge is 0.244 e. The lowest BCUT2D eigenvalue weighted by atomic mass is 10.1. The van der Waals surface area contributed by atoms with E-state index in [1.54, 1.807) is 6.08 Å². The lowest BCUT2D eigenvalue weighted by Gasteiger charge is -2.14. The lowest BCUT2D eigenvalue weighted by Crippen LogP contribution is -2.24. The SMILES string of the molecule is CC(NC(=O)/C=C/c1ccc2c(c1)OCO2)c1ccc(NC(=O)C2CC2)cc1. The summed E-state index contributed by atoms with van der Waals surface area (Å²) in [6, 6.07) is 12.9. The standard InChI is InChI=1S/C22H22N2O4/c1-14(16-6-8-18(9-7-16)24-22(26)17-4-5-17)23-21(25)11-3-15-2-10-19-20(12-15)28-13-27-19/h2-3,6-12,14,17H,4-5,13H2,1H3,(H,23,25)(H,24,26)/b11-3+. The molecule has 0 aromatic heterocycles. The first-order valence-electron chi connectivity index (χ1n) is 9.37. The van der Waals surface area contributed by atoms with E-state index in [1.807, 2.05) is 49.4 Å². The van der Waals surface area contributed by atoms with Gasteiger partial charge in [0.15, 0.2) is 11.5 Å². The number of carbonyl (C=O) groups is 2. The van der Waals surface area contributed by atoms with E-state index in [0.717, 1.165) is 29.7 Å². The van der Waals surface area contributed by atoms with Crippen LogP contribution in [0.3, 0.4) is 0 Å². The van der Waals surface area contributed by atoms with Crippen molar-refractivity contribution in [3.8, 4) is 11.5 Å². The van der Waals surface area contributed by atoms with Crippen molar-refractivity contribution in [2.45, 2.75) is 25.8 Å². The fourth-order valence-corrected chi connectivity index (χ4v) is 2.98. The molecule has 2 N–H and O–H groups in total. The summed E-state index contributed by atoms with van der Waals surface area (Å²) >= 11 is 0. The largest absolute Gasteiger partial charge is 0.454 e. The highest BCUT2D eigenvalue weighted by molar-refractivity contribution is 5.94. The van der Waals surface area contributed by atoms with E-state index in [2.05, 4.69) is 10.6 Å². The molecule has 144 valence electrons. The molecule has 2 aromatic rings. The third kappa shape index (κ3) is 4.34. The first kappa shape index (κ1) is 18.1. The van der Waals surface area contributed by atoms with Gasteiger partial charge in [0, 0.05) is 17.7 Å². The van der Waals surface area contributed by atoms with Crippen LogP contribution in [0.25, 0.3) is 6.08 Å². The molecule has 1 saturated carbocycles. The Labute approximate surface area is 163 Å². The highest BCUT2D eigenvalue weighted by atomic mass is 16.7. The number of ether oxygens (including phenoxy) is 2. The molecule has 0 bridgehead atoms. The van der Waals surface area contributed by atoms with Gasteiger partial charge in [0.25, 0.3) is 0 Å². The van der Waals surface area contributed by atoms with Gasteiger partial charge in [-0.2, -0.15) is 0 Å². The Morgan fingerprint density at radius 1 is 1.07 bits per heavy atom. The van der Waals surface area contributed by atoms with Crippen LogP contribution >= 0.6 is 0 Å². The Morgan fingerprint density at radius 2 is 1.82 bits per heavy atom. The number of anilines is 1. The Bertz CT molecular complexity index is 917. The molecular formula is C22H22N2O4. The van der Waals surface area contributed by atoms with Gasteiger partial charge < -0.3 is 20.1 Å². The molecule has 4 rings (SSSR count). The highest BCUT2D eigenvalue weighted by Crippen LogP contribution is 2.33. The number of amides is 2. The van der Waals surface area contributed by atoms with Crippen LogP contribution in [0.5, 0.6) is 11.5 Å². The Hall–Kier alpha value is -3.28. The predicted molar refractivity (Wildman–Crippen MR) is 106 cm³/mol. The van der Waals surface area contributed by atoms with Gasteiger partial charge in [-0.25, -0.2) is 0 Å². The van der Waals surface area contributed by atoms with Crippen molar-refractivity contribution in [3.63, 3.8) is 0 Å².